The molecular weight excluding hydrogens is 455 g/mol. The lowest BCUT2D eigenvalue weighted by Gasteiger charge is -2.66. The molecule has 5 saturated carbocycles. The van der Waals surface area contributed by atoms with E-state index < -0.39 is 28.2 Å². The number of carbonyl (C=O) groups excluding carboxylic acids is 4. The number of hydrogen-bond donors (Lipinski definition) is 0. The van der Waals surface area contributed by atoms with Crippen molar-refractivity contribution in [2.75, 3.05) is 25.0 Å². The van der Waals surface area contributed by atoms with Gasteiger partial charge in [0.05, 0.1) is 18.6 Å². The summed E-state index contributed by atoms with van der Waals surface area (Å²) in [6.07, 6.45) is 4.57. The van der Waals surface area contributed by atoms with E-state index in [0.717, 1.165) is 25.7 Å². The zero-order valence-corrected chi connectivity index (χ0v) is 19.9. The van der Waals surface area contributed by atoms with Crippen molar-refractivity contribution in [2.45, 2.75) is 51.9 Å². The molecule has 0 aromatic rings. The van der Waals surface area contributed by atoms with Crippen LogP contribution in [-0.2, 0) is 28.7 Å². The van der Waals surface area contributed by atoms with Crippen molar-refractivity contribution in [3.63, 3.8) is 0 Å². The first-order valence-electron chi connectivity index (χ1n) is 11.3. The zero-order valence-electron chi connectivity index (χ0n) is 18.4. The van der Waals surface area contributed by atoms with Crippen LogP contribution in [0.2, 0.25) is 0 Å². The van der Waals surface area contributed by atoms with Gasteiger partial charge in [-0.05, 0) is 55.4 Å². The molecule has 176 valence electrons. The molecule has 0 aromatic heterocycles. The van der Waals surface area contributed by atoms with Crippen molar-refractivity contribution in [1.82, 2.24) is 0 Å². The van der Waals surface area contributed by atoms with E-state index >= 15 is 0 Å². The average molecular weight is 485 g/mol. The average Bonchev–Trinajstić information content (AvgIpc) is 2.80. The third-order valence-electron chi connectivity index (χ3n) is 8.98. The number of ether oxygens (including phenoxy) is 2. The summed E-state index contributed by atoms with van der Waals surface area (Å²) in [4.78, 5) is 51.0. The minimum absolute atomic E-state index is 0.0344. The topological polar surface area (TPSA) is 86.7 Å². The quantitative estimate of drug-likeness (QED) is 0.246. The molecule has 0 aliphatic heterocycles. The fraction of sp³-hybridized carbons (Fsp3) is 0.750. The second-order valence-electron chi connectivity index (χ2n) is 10.4. The molecule has 5 rings (SSSR count). The summed E-state index contributed by atoms with van der Waals surface area (Å²) >= 11 is 11.3. The Morgan fingerprint density at radius 2 is 1.69 bits per heavy atom. The second kappa shape index (κ2) is 8.43. The van der Waals surface area contributed by atoms with Gasteiger partial charge in [-0.1, -0.05) is 19.9 Å². The molecule has 0 saturated heterocycles. The summed E-state index contributed by atoms with van der Waals surface area (Å²) in [5.74, 6) is -1.99. The largest absolute Gasteiger partial charge is 0.464 e. The Labute approximate surface area is 198 Å². The van der Waals surface area contributed by atoms with Crippen LogP contribution in [0.25, 0.3) is 0 Å². The molecular formula is C24H30Cl2O6. The summed E-state index contributed by atoms with van der Waals surface area (Å²) in [6.45, 7) is 6.32. The SMILES string of the molecule is C=C1C(=O)[C@]23CC[C@H]1CC2[C@]1(COC(=O)CCl)CCC[C@@](C)(COC(=O)CCl)C1CC3=O. The molecule has 6 atom stereocenters. The zero-order chi connectivity index (χ0) is 23.3. The molecule has 2 unspecified atom stereocenters. The van der Waals surface area contributed by atoms with Crippen molar-refractivity contribution in [2.24, 2.45) is 34.0 Å². The van der Waals surface area contributed by atoms with Gasteiger partial charge in [-0.3, -0.25) is 19.2 Å². The summed E-state index contributed by atoms with van der Waals surface area (Å²) in [7, 11) is 0. The number of esters is 2. The highest BCUT2D eigenvalue weighted by Gasteiger charge is 2.72. The molecule has 5 aliphatic carbocycles. The van der Waals surface area contributed by atoms with Gasteiger partial charge in [0.2, 0.25) is 0 Å². The Bertz CT molecular complexity index is 871. The van der Waals surface area contributed by atoms with Gasteiger partial charge in [0.25, 0.3) is 0 Å². The fourth-order valence-electron chi connectivity index (χ4n) is 7.51. The maximum Gasteiger partial charge on any atom is 0.320 e. The Morgan fingerprint density at radius 1 is 1.03 bits per heavy atom. The van der Waals surface area contributed by atoms with Crippen molar-refractivity contribution < 1.29 is 28.7 Å². The van der Waals surface area contributed by atoms with E-state index in [-0.39, 0.29) is 60.7 Å². The van der Waals surface area contributed by atoms with Gasteiger partial charge in [-0.25, -0.2) is 0 Å². The van der Waals surface area contributed by atoms with E-state index in [1.807, 2.05) is 6.92 Å². The van der Waals surface area contributed by atoms with Gasteiger partial charge >= 0.3 is 11.9 Å². The number of fused-ring (bicyclic) bond motifs is 3. The van der Waals surface area contributed by atoms with E-state index in [0.29, 0.717) is 18.4 Å². The lowest BCUT2D eigenvalue weighted by Crippen LogP contribution is -2.69. The molecule has 2 bridgehead atoms. The van der Waals surface area contributed by atoms with E-state index in [9.17, 15) is 19.2 Å². The van der Waals surface area contributed by atoms with Gasteiger partial charge in [0.1, 0.15) is 17.5 Å². The highest BCUT2D eigenvalue weighted by atomic mass is 35.5. The molecule has 8 heteroatoms. The van der Waals surface area contributed by atoms with Crippen molar-refractivity contribution in [1.29, 1.82) is 0 Å². The van der Waals surface area contributed by atoms with Crippen LogP contribution >= 0.6 is 23.2 Å². The van der Waals surface area contributed by atoms with Crippen molar-refractivity contribution >= 4 is 46.7 Å². The maximum atomic E-state index is 13.7. The third-order valence-corrected chi connectivity index (χ3v) is 9.42. The number of Topliss-reactive ketones (excluding diaryl/α,β-unsaturated/α-hetero) is 2. The van der Waals surface area contributed by atoms with Gasteiger partial charge in [-0.15, -0.1) is 23.2 Å². The van der Waals surface area contributed by atoms with E-state index in [2.05, 4.69) is 6.58 Å². The molecule has 0 aromatic carbocycles. The standard InChI is InChI=1S/C24H30Cl2O6/c1-14-15-4-7-24(21(14)30)17(8-15)23(13-32-20(29)11-26)6-3-5-22(2,12-31-19(28)10-25)16(23)9-18(24)27/h15-17H,1,3-13H2,2H3/t15-,16?,17?,22-,23-,24+/m0/s1. The lowest BCUT2D eigenvalue weighted by molar-refractivity contribution is -0.207. The summed E-state index contributed by atoms with van der Waals surface area (Å²) in [5.41, 5.74) is -1.53. The Kier molecular flexibility index (Phi) is 6.25. The lowest BCUT2D eigenvalue weighted by atomic mass is 9.36. The maximum absolute atomic E-state index is 13.7. The Morgan fingerprint density at radius 3 is 2.34 bits per heavy atom. The number of rotatable bonds is 6. The van der Waals surface area contributed by atoms with Gasteiger partial charge in [-0.2, -0.15) is 0 Å². The van der Waals surface area contributed by atoms with E-state index in [1.165, 1.54) is 0 Å². The predicted molar refractivity (Wildman–Crippen MR) is 118 cm³/mol. The van der Waals surface area contributed by atoms with Crippen LogP contribution in [0.1, 0.15) is 51.9 Å². The van der Waals surface area contributed by atoms with Gasteiger partial charge in [0, 0.05) is 17.3 Å². The number of ketones is 2. The number of allylic oxidation sites excluding steroid dienone is 1. The van der Waals surface area contributed by atoms with Crippen LogP contribution in [0.15, 0.2) is 12.2 Å². The van der Waals surface area contributed by atoms with Gasteiger partial charge in [0.15, 0.2) is 5.78 Å². The third kappa shape index (κ3) is 3.35. The molecule has 0 N–H and O–H groups in total. The smallest absolute Gasteiger partial charge is 0.320 e. The van der Waals surface area contributed by atoms with Gasteiger partial charge < -0.3 is 9.47 Å². The highest BCUT2D eigenvalue weighted by molar-refractivity contribution is 6.26. The van der Waals surface area contributed by atoms with Crippen LogP contribution in [0.5, 0.6) is 0 Å². The number of halogens is 2. The summed E-state index contributed by atoms with van der Waals surface area (Å²) < 4.78 is 11.1. The number of alkyl halides is 2. The molecule has 6 nitrogen and oxygen atoms in total. The molecule has 5 aliphatic rings. The normalized spacial score (nSPS) is 40.5. The van der Waals surface area contributed by atoms with Crippen LogP contribution in [0.3, 0.4) is 0 Å². The van der Waals surface area contributed by atoms with Crippen LogP contribution in [0.4, 0.5) is 0 Å². The second-order valence-corrected chi connectivity index (χ2v) is 10.9. The van der Waals surface area contributed by atoms with E-state index in [4.69, 9.17) is 32.7 Å². The van der Waals surface area contributed by atoms with Crippen LogP contribution < -0.4 is 0 Å². The summed E-state index contributed by atoms with van der Waals surface area (Å²) in [6, 6.07) is 0. The predicted octanol–water partition coefficient (Wildman–Crippen LogP) is 3.86. The number of carbonyl (C=O) groups is 4. The minimum atomic E-state index is -1.07. The van der Waals surface area contributed by atoms with E-state index in [1.54, 1.807) is 0 Å². The first kappa shape index (κ1) is 23.7. The minimum Gasteiger partial charge on any atom is -0.464 e. The molecule has 5 fully saturated rings. The molecule has 32 heavy (non-hydrogen) atoms. The Hall–Kier alpha value is -1.40. The molecule has 1 spiro atoms. The first-order chi connectivity index (χ1) is 15.1. The van der Waals surface area contributed by atoms with Crippen molar-refractivity contribution in [3.8, 4) is 0 Å². The first-order valence-corrected chi connectivity index (χ1v) is 12.4. The Balaban J connectivity index is 1.77. The molecule has 0 radical (unpaired) electrons. The van der Waals surface area contributed by atoms with Crippen LogP contribution in [0, 0.1) is 34.0 Å². The molecule has 0 amide bonds. The highest BCUT2D eigenvalue weighted by Crippen LogP contribution is 2.70. The van der Waals surface area contributed by atoms with Crippen LogP contribution in [-0.4, -0.2) is 48.5 Å². The molecule has 0 heterocycles. The monoisotopic (exact) mass is 484 g/mol. The fourth-order valence-corrected chi connectivity index (χ4v) is 7.66. The number of hydrogen-bond acceptors (Lipinski definition) is 6. The summed E-state index contributed by atoms with van der Waals surface area (Å²) in [5, 5.41) is 0. The van der Waals surface area contributed by atoms with Crippen molar-refractivity contribution in [3.05, 3.63) is 12.2 Å².